The van der Waals surface area contributed by atoms with Crippen molar-refractivity contribution in [3.63, 3.8) is 0 Å². The first-order valence-corrected chi connectivity index (χ1v) is 7.25. The van der Waals surface area contributed by atoms with Crippen molar-refractivity contribution < 1.29 is 0 Å². The zero-order chi connectivity index (χ0) is 12.5. The van der Waals surface area contributed by atoms with E-state index in [9.17, 15) is 0 Å². The van der Waals surface area contributed by atoms with Gasteiger partial charge in [0, 0.05) is 12.1 Å². The number of hydrogen-bond acceptors (Lipinski definition) is 2. The molecule has 2 heterocycles. The predicted octanol–water partition coefficient (Wildman–Crippen LogP) is 2.29. The summed E-state index contributed by atoms with van der Waals surface area (Å²) < 4.78 is 0. The molecule has 0 radical (unpaired) electrons. The summed E-state index contributed by atoms with van der Waals surface area (Å²) in [6, 6.07) is 12.5. The molecule has 2 heteroatoms. The van der Waals surface area contributed by atoms with Crippen LogP contribution in [0.5, 0.6) is 0 Å². The molecule has 0 aromatic heterocycles. The maximum Gasteiger partial charge on any atom is 0.0130 e. The minimum atomic E-state index is 0.721. The van der Waals surface area contributed by atoms with Crippen LogP contribution in [0.2, 0.25) is 0 Å². The van der Waals surface area contributed by atoms with Gasteiger partial charge in [-0.05, 0) is 56.7 Å². The average molecular weight is 244 g/mol. The highest BCUT2D eigenvalue weighted by Gasteiger charge is 2.44. The van der Waals surface area contributed by atoms with Crippen molar-refractivity contribution in [3.05, 3.63) is 35.9 Å². The molecule has 0 aliphatic carbocycles. The molecule has 4 atom stereocenters. The second-order valence-corrected chi connectivity index (χ2v) is 6.05. The van der Waals surface area contributed by atoms with Crippen LogP contribution in [-0.2, 0) is 6.42 Å². The molecule has 0 saturated carbocycles. The van der Waals surface area contributed by atoms with Crippen LogP contribution >= 0.6 is 0 Å². The lowest BCUT2D eigenvalue weighted by Crippen LogP contribution is -2.49. The monoisotopic (exact) mass is 244 g/mol. The van der Waals surface area contributed by atoms with Gasteiger partial charge in [0.05, 0.1) is 0 Å². The summed E-state index contributed by atoms with van der Waals surface area (Å²) in [6.45, 7) is 0.859. The molecule has 3 rings (SSSR count). The van der Waals surface area contributed by atoms with E-state index in [0.29, 0.717) is 0 Å². The van der Waals surface area contributed by atoms with E-state index in [0.717, 1.165) is 30.5 Å². The minimum absolute atomic E-state index is 0.721. The van der Waals surface area contributed by atoms with Gasteiger partial charge in [-0.15, -0.1) is 0 Å². The van der Waals surface area contributed by atoms with Gasteiger partial charge >= 0.3 is 0 Å². The fraction of sp³-hybridized carbons (Fsp3) is 0.625. The zero-order valence-electron chi connectivity index (χ0n) is 11.3. The molecule has 1 aromatic rings. The van der Waals surface area contributed by atoms with E-state index < -0.39 is 0 Å². The number of benzene rings is 1. The van der Waals surface area contributed by atoms with Crippen molar-refractivity contribution >= 4 is 0 Å². The summed E-state index contributed by atoms with van der Waals surface area (Å²) in [5, 5.41) is 0. The van der Waals surface area contributed by atoms with Crippen LogP contribution in [0.25, 0.3) is 0 Å². The molecule has 2 bridgehead atoms. The molecule has 0 amide bonds. The topological polar surface area (TPSA) is 29.3 Å². The Balaban J connectivity index is 1.79. The molecule has 2 fully saturated rings. The summed E-state index contributed by atoms with van der Waals surface area (Å²) in [5.41, 5.74) is 7.50. The maximum atomic E-state index is 6.03. The van der Waals surface area contributed by atoms with E-state index in [1.807, 2.05) is 0 Å². The van der Waals surface area contributed by atoms with Gasteiger partial charge in [0.25, 0.3) is 0 Å². The Kier molecular flexibility index (Phi) is 3.40. The molecule has 2 aliphatic heterocycles. The molecule has 98 valence electrons. The fourth-order valence-corrected chi connectivity index (χ4v) is 4.14. The van der Waals surface area contributed by atoms with Gasteiger partial charge in [-0.3, -0.25) is 0 Å². The molecule has 4 unspecified atom stereocenters. The van der Waals surface area contributed by atoms with Crippen LogP contribution in [0.4, 0.5) is 0 Å². The SMILES string of the molecule is CN1C2CCC1C(Cc1ccccc1)C(CN)C2. The molecular formula is C16H24N2. The van der Waals surface area contributed by atoms with Crippen molar-refractivity contribution in [1.29, 1.82) is 0 Å². The third kappa shape index (κ3) is 2.08. The van der Waals surface area contributed by atoms with E-state index in [-0.39, 0.29) is 0 Å². The third-order valence-corrected chi connectivity index (χ3v) is 5.19. The van der Waals surface area contributed by atoms with Crippen LogP contribution in [0, 0.1) is 11.8 Å². The zero-order valence-corrected chi connectivity index (χ0v) is 11.3. The third-order valence-electron chi connectivity index (χ3n) is 5.19. The quantitative estimate of drug-likeness (QED) is 0.884. The molecule has 18 heavy (non-hydrogen) atoms. The van der Waals surface area contributed by atoms with Crippen LogP contribution in [0.3, 0.4) is 0 Å². The predicted molar refractivity (Wildman–Crippen MR) is 75.4 cm³/mol. The van der Waals surface area contributed by atoms with Crippen LogP contribution in [0.1, 0.15) is 24.8 Å². The maximum absolute atomic E-state index is 6.03. The second kappa shape index (κ2) is 5.02. The highest BCUT2D eigenvalue weighted by atomic mass is 15.2. The summed E-state index contributed by atoms with van der Waals surface area (Å²) in [5.74, 6) is 1.47. The summed E-state index contributed by atoms with van der Waals surface area (Å²) in [6.07, 6.45) is 5.25. The smallest absolute Gasteiger partial charge is 0.0130 e. The van der Waals surface area contributed by atoms with E-state index >= 15 is 0 Å². The first kappa shape index (κ1) is 12.2. The van der Waals surface area contributed by atoms with Gasteiger partial charge in [-0.1, -0.05) is 30.3 Å². The Bertz CT molecular complexity index is 389. The molecular weight excluding hydrogens is 220 g/mol. The lowest BCUT2D eigenvalue weighted by atomic mass is 9.77. The molecule has 2 N–H and O–H groups in total. The van der Waals surface area contributed by atoms with Crippen molar-refractivity contribution in [2.45, 2.75) is 37.8 Å². The molecule has 2 nitrogen and oxygen atoms in total. The van der Waals surface area contributed by atoms with Crippen molar-refractivity contribution in [3.8, 4) is 0 Å². The Morgan fingerprint density at radius 1 is 1.22 bits per heavy atom. The summed E-state index contributed by atoms with van der Waals surface area (Å²) in [4.78, 5) is 2.62. The van der Waals surface area contributed by atoms with E-state index in [1.165, 1.54) is 31.2 Å². The van der Waals surface area contributed by atoms with Crippen molar-refractivity contribution in [2.24, 2.45) is 17.6 Å². The molecule has 2 saturated heterocycles. The average Bonchev–Trinajstić information content (AvgIpc) is 2.65. The molecule has 2 aliphatic rings. The van der Waals surface area contributed by atoms with Crippen LogP contribution < -0.4 is 5.73 Å². The fourth-order valence-electron chi connectivity index (χ4n) is 4.14. The normalized spacial score (nSPS) is 35.9. The van der Waals surface area contributed by atoms with Gasteiger partial charge in [0.1, 0.15) is 0 Å². The number of rotatable bonds is 3. The van der Waals surface area contributed by atoms with E-state index in [1.54, 1.807) is 0 Å². The largest absolute Gasteiger partial charge is 0.330 e. The molecule has 1 aromatic carbocycles. The standard InChI is InChI=1S/C16H24N2/c1-18-14-7-8-16(18)15(13(10-14)11-17)9-12-5-3-2-4-6-12/h2-6,13-16H,7-11,17H2,1H3. The van der Waals surface area contributed by atoms with Crippen LogP contribution in [-0.4, -0.2) is 30.6 Å². The Morgan fingerprint density at radius 3 is 2.72 bits per heavy atom. The van der Waals surface area contributed by atoms with Gasteiger partial charge in [0.2, 0.25) is 0 Å². The first-order chi connectivity index (χ1) is 8.79. The van der Waals surface area contributed by atoms with Gasteiger partial charge in [0.15, 0.2) is 0 Å². The number of piperidine rings is 1. The number of fused-ring (bicyclic) bond motifs is 2. The molecule has 0 spiro atoms. The highest BCUT2D eigenvalue weighted by Crippen LogP contribution is 2.42. The van der Waals surface area contributed by atoms with Gasteiger partial charge in [-0.25, -0.2) is 0 Å². The van der Waals surface area contributed by atoms with Crippen LogP contribution in [0.15, 0.2) is 30.3 Å². The van der Waals surface area contributed by atoms with E-state index in [2.05, 4.69) is 42.3 Å². The summed E-state index contributed by atoms with van der Waals surface area (Å²) in [7, 11) is 2.31. The highest BCUT2D eigenvalue weighted by molar-refractivity contribution is 5.17. The second-order valence-electron chi connectivity index (χ2n) is 6.05. The Labute approximate surface area is 110 Å². The van der Waals surface area contributed by atoms with E-state index in [4.69, 9.17) is 5.73 Å². The lowest BCUT2D eigenvalue weighted by Gasteiger charge is -2.43. The van der Waals surface area contributed by atoms with Gasteiger partial charge in [-0.2, -0.15) is 0 Å². The Hall–Kier alpha value is -0.860. The van der Waals surface area contributed by atoms with Gasteiger partial charge < -0.3 is 10.6 Å². The Morgan fingerprint density at radius 2 is 2.00 bits per heavy atom. The minimum Gasteiger partial charge on any atom is -0.330 e. The lowest BCUT2D eigenvalue weighted by molar-refractivity contribution is 0.0714. The summed E-state index contributed by atoms with van der Waals surface area (Å²) >= 11 is 0. The van der Waals surface area contributed by atoms with Crippen molar-refractivity contribution in [2.75, 3.05) is 13.6 Å². The number of nitrogens with two attached hydrogens (primary N) is 1. The number of nitrogens with zero attached hydrogens (tertiary/aromatic N) is 1. The number of hydrogen-bond donors (Lipinski definition) is 1. The van der Waals surface area contributed by atoms with Crippen molar-refractivity contribution in [1.82, 2.24) is 4.90 Å². The first-order valence-electron chi connectivity index (χ1n) is 7.25.